The van der Waals surface area contributed by atoms with Crippen LogP contribution in [0, 0.1) is 11.3 Å². The van der Waals surface area contributed by atoms with Gasteiger partial charge in [-0.25, -0.2) is 0 Å². The van der Waals surface area contributed by atoms with E-state index < -0.39 is 0 Å². The van der Waals surface area contributed by atoms with Gasteiger partial charge in [0, 0.05) is 19.1 Å². The Morgan fingerprint density at radius 3 is 2.59 bits per heavy atom. The summed E-state index contributed by atoms with van der Waals surface area (Å²) in [7, 11) is 0. The van der Waals surface area contributed by atoms with Gasteiger partial charge in [0.05, 0.1) is 11.6 Å². The number of nitriles is 1. The van der Waals surface area contributed by atoms with E-state index in [9.17, 15) is 0 Å². The van der Waals surface area contributed by atoms with Gasteiger partial charge < -0.3 is 0 Å². The molecule has 2 heteroatoms. The normalized spacial score (nSPS) is 21.1. The quantitative estimate of drug-likeness (QED) is 0.735. The van der Waals surface area contributed by atoms with Crippen molar-refractivity contribution in [3.05, 3.63) is 34.9 Å². The molecule has 0 bridgehead atoms. The zero-order valence-corrected chi connectivity index (χ0v) is 10.2. The topological polar surface area (TPSA) is 27.0 Å². The lowest BCUT2D eigenvalue weighted by Gasteiger charge is -2.30. The Labute approximate surface area is 103 Å². The van der Waals surface area contributed by atoms with Crippen LogP contribution in [-0.2, 0) is 13.1 Å². The molecule has 1 aromatic carbocycles. The second-order valence-electron chi connectivity index (χ2n) is 5.29. The lowest BCUT2D eigenvalue weighted by atomic mass is 9.94. The average Bonchev–Trinajstić information content (AvgIpc) is 2.82. The van der Waals surface area contributed by atoms with Gasteiger partial charge in [-0.15, -0.1) is 0 Å². The van der Waals surface area contributed by atoms with Crippen molar-refractivity contribution in [3.63, 3.8) is 0 Å². The summed E-state index contributed by atoms with van der Waals surface area (Å²) in [6, 6.07) is 9.16. The van der Waals surface area contributed by atoms with Crippen LogP contribution in [-0.4, -0.2) is 10.9 Å². The van der Waals surface area contributed by atoms with E-state index in [0.717, 1.165) is 24.7 Å². The van der Waals surface area contributed by atoms with Gasteiger partial charge in [0.1, 0.15) is 0 Å². The van der Waals surface area contributed by atoms with Crippen LogP contribution in [0.15, 0.2) is 18.2 Å². The van der Waals surface area contributed by atoms with Crippen molar-refractivity contribution in [1.29, 1.82) is 5.26 Å². The standard InChI is InChI=1S/C15H18N2/c16-9-12-6-7-13-10-17(11-14(13)8-12)15-4-2-1-3-5-15/h6-8,15H,1-5,10-11H2. The van der Waals surface area contributed by atoms with E-state index >= 15 is 0 Å². The van der Waals surface area contributed by atoms with Crippen LogP contribution in [0.5, 0.6) is 0 Å². The largest absolute Gasteiger partial charge is 0.292 e. The molecule has 1 saturated carbocycles. The Bertz CT molecular complexity index is 452. The number of nitrogens with zero attached hydrogens (tertiary/aromatic N) is 2. The lowest BCUT2D eigenvalue weighted by Crippen LogP contribution is -2.32. The van der Waals surface area contributed by atoms with Crippen molar-refractivity contribution in [2.45, 2.75) is 51.2 Å². The molecular weight excluding hydrogens is 208 g/mol. The summed E-state index contributed by atoms with van der Waals surface area (Å²) < 4.78 is 0. The highest BCUT2D eigenvalue weighted by Gasteiger charge is 2.26. The van der Waals surface area contributed by atoms with Gasteiger partial charge in [-0.1, -0.05) is 25.3 Å². The molecule has 1 aliphatic heterocycles. The molecular formula is C15H18N2. The number of hydrogen-bond acceptors (Lipinski definition) is 2. The minimum absolute atomic E-state index is 0.779. The molecule has 2 aliphatic rings. The molecule has 0 aromatic heterocycles. The van der Waals surface area contributed by atoms with Crippen molar-refractivity contribution in [3.8, 4) is 6.07 Å². The molecule has 17 heavy (non-hydrogen) atoms. The summed E-state index contributed by atoms with van der Waals surface area (Å²) >= 11 is 0. The monoisotopic (exact) mass is 226 g/mol. The fourth-order valence-electron chi connectivity index (χ4n) is 3.19. The predicted octanol–water partition coefficient (Wildman–Crippen LogP) is 3.21. The zero-order chi connectivity index (χ0) is 11.7. The van der Waals surface area contributed by atoms with Gasteiger partial charge in [0.2, 0.25) is 0 Å². The first kappa shape index (κ1) is 10.8. The number of rotatable bonds is 1. The third-order valence-corrected chi connectivity index (χ3v) is 4.17. The van der Waals surface area contributed by atoms with Gasteiger partial charge in [-0.3, -0.25) is 4.90 Å². The summed E-state index contributed by atoms with van der Waals surface area (Å²) in [4.78, 5) is 2.60. The van der Waals surface area contributed by atoms with Gasteiger partial charge in [0.25, 0.3) is 0 Å². The third kappa shape index (κ3) is 2.08. The van der Waals surface area contributed by atoms with E-state index in [-0.39, 0.29) is 0 Å². The van der Waals surface area contributed by atoms with Crippen LogP contribution >= 0.6 is 0 Å². The van der Waals surface area contributed by atoms with Gasteiger partial charge >= 0.3 is 0 Å². The van der Waals surface area contributed by atoms with Crippen molar-refractivity contribution in [2.24, 2.45) is 0 Å². The molecule has 1 aliphatic carbocycles. The second kappa shape index (κ2) is 4.50. The Morgan fingerprint density at radius 2 is 1.82 bits per heavy atom. The Kier molecular flexibility index (Phi) is 2.86. The highest BCUT2D eigenvalue weighted by Crippen LogP contribution is 2.31. The van der Waals surface area contributed by atoms with Crippen LogP contribution in [0.25, 0.3) is 0 Å². The fraction of sp³-hybridized carbons (Fsp3) is 0.533. The molecule has 0 amide bonds. The van der Waals surface area contributed by atoms with Gasteiger partial charge in [-0.2, -0.15) is 5.26 Å². The first-order valence-corrected chi connectivity index (χ1v) is 6.63. The van der Waals surface area contributed by atoms with E-state index in [1.165, 1.54) is 43.2 Å². The van der Waals surface area contributed by atoms with E-state index in [2.05, 4.69) is 23.1 Å². The highest BCUT2D eigenvalue weighted by atomic mass is 15.2. The number of benzene rings is 1. The van der Waals surface area contributed by atoms with E-state index in [0.29, 0.717) is 0 Å². The minimum atomic E-state index is 0.779. The predicted molar refractivity (Wildman–Crippen MR) is 67.3 cm³/mol. The van der Waals surface area contributed by atoms with Crippen LogP contribution in [0.1, 0.15) is 48.8 Å². The summed E-state index contributed by atoms with van der Waals surface area (Å²) in [6.07, 6.45) is 6.91. The molecule has 0 radical (unpaired) electrons. The van der Waals surface area contributed by atoms with Crippen molar-refractivity contribution < 1.29 is 0 Å². The van der Waals surface area contributed by atoms with Gasteiger partial charge in [0.15, 0.2) is 0 Å². The lowest BCUT2D eigenvalue weighted by molar-refractivity contribution is 0.156. The molecule has 2 nitrogen and oxygen atoms in total. The Hall–Kier alpha value is -1.33. The first-order chi connectivity index (χ1) is 8.36. The molecule has 0 saturated heterocycles. The molecule has 0 spiro atoms. The summed E-state index contributed by atoms with van der Waals surface area (Å²) in [5.74, 6) is 0. The van der Waals surface area contributed by atoms with Crippen molar-refractivity contribution in [2.75, 3.05) is 0 Å². The number of fused-ring (bicyclic) bond motifs is 1. The molecule has 0 unspecified atom stereocenters. The van der Waals surface area contributed by atoms with Crippen LogP contribution in [0.3, 0.4) is 0 Å². The minimum Gasteiger partial charge on any atom is -0.292 e. The Morgan fingerprint density at radius 1 is 1.06 bits per heavy atom. The summed E-state index contributed by atoms with van der Waals surface area (Å²) in [5, 5.41) is 8.92. The van der Waals surface area contributed by atoms with Crippen LogP contribution in [0.2, 0.25) is 0 Å². The Balaban J connectivity index is 1.76. The van der Waals surface area contributed by atoms with E-state index in [1.807, 2.05) is 6.07 Å². The molecule has 1 heterocycles. The smallest absolute Gasteiger partial charge is 0.0991 e. The maximum atomic E-state index is 8.92. The second-order valence-corrected chi connectivity index (χ2v) is 5.29. The maximum absolute atomic E-state index is 8.92. The molecule has 1 fully saturated rings. The van der Waals surface area contributed by atoms with E-state index in [4.69, 9.17) is 5.26 Å². The molecule has 1 aromatic rings. The van der Waals surface area contributed by atoms with E-state index in [1.54, 1.807) is 0 Å². The van der Waals surface area contributed by atoms with Crippen LogP contribution in [0.4, 0.5) is 0 Å². The SMILES string of the molecule is N#Cc1ccc2c(c1)CN(C1CCCCC1)C2. The fourth-order valence-corrected chi connectivity index (χ4v) is 3.19. The van der Waals surface area contributed by atoms with Crippen molar-refractivity contribution >= 4 is 0 Å². The summed E-state index contributed by atoms with van der Waals surface area (Å²) in [6.45, 7) is 2.14. The zero-order valence-electron chi connectivity index (χ0n) is 10.2. The van der Waals surface area contributed by atoms with Crippen LogP contribution < -0.4 is 0 Å². The first-order valence-electron chi connectivity index (χ1n) is 6.63. The summed E-state index contributed by atoms with van der Waals surface area (Å²) in [5.41, 5.74) is 3.60. The van der Waals surface area contributed by atoms with Gasteiger partial charge in [-0.05, 0) is 36.1 Å². The number of hydrogen-bond donors (Lipinski definition) is 0. The molecule has 88 valence electrons. The maximum Gasteiger partial charge on any atom is 0.0991 e. The molecule has 3 rings (SSSR count). The van der Waals surface area contributed by atoms with Crippen molar-refractivity contribution in [1.82, 2.24) is 4.90 Å². The molecule has 0 atom stereocenters. The third-order valence-electron chi connectivity index (χ3n) is 4.17. The molecule has 0 N–H and O–H groups in total. The average molecular weight is 226 g/mol. The highest BCUT2D eigenvalue weighted by molar-refractivity contribution is 5.40.